The molecule has 0 aliphatic heterocycles. The Bertz CT molecular complexity index is 1280. The molecule has 0 fully saturated rings. The number of carbonyl (C=O) groups is 1. The normalized spacial score (nSPS) is 11.7. The van der Waals surface area contributed by atoms with Crippen molar-refractivity contribution in [1.29, 1.82) is 0 Å². The highest BCUT2D eigenvalue weighted by Crippen LogP contribution is 2.33. The Morgan fingerprint density at radius 3 is 2.24 bits per heavy atom. The minimum absolute atomic E-state index is 0.0719. The summed E-state index contributed by atoms with van der Waals surface area (Å²) in [6.07, 6.45) is 16.5. The van der Waals surface area contributed by atoms with Crippen LogP contribution in [0.3, 0.4) is 0 Å². The van der Waals surface area contributed by atoms with E-state index >= 15 is 0 Å². The second-order valence-corrected chi connectivity index (χ2v) is 10.8. The SMILES string of the molecule is CCCCCCCCc1ccc(-c2cnc(OC(=O)c3cc(N)c(O[C@H](C)CCCCCC)cc3[N+](=O)[O-])cn2)cc1. The molecule has 42 heavy (non-hydrogen) atoms. The molecule has 2 N–H and O–H groups in total. The van der Waals surface area contributed by atoms with Gasteiger partial charge in [-0.3, -0.25) is 10.1 Å². The highest BCUT2D eigenvalue weighted by atomic mass is 16.6. The molecular formula is C33H44N4O5. The van der Waals surface area contributed by atoms with Gasteiger partial charge in [-0.1, -0.05) is 89.5 Å². The molecule has 0 saturated carbocycles. The number of ether oxygens (including phenoxy) is 2. The monoisotopic (exact) mass is 576 g/mol. The number of aromatic nitrogens is 2. The van der Waals surface area contributed by atoms with E-state index in [1.165, 1.54) is 68.6 Å². The smallest absolute Gasteiger partial charge is 0.352 e. The van der Waals surface area contributed by atoms with E-state index < -0.39 is 16.6 Å². The van der Waals surface area contributed by atoms with Gasteiger partial charge in [0.2, 0.25) is 5.88 Å². The summed E-state index contributed by atoms with van der Waals surface area (Å²) in [5.74, 6) is -0.852. The van der Waals surface area contributed by atoms with Crippen molar-refractivity contribution in [1.82, 2.24) is 9.97 Å². The van der Waals surface area contributed by atoms with Gasteiger partial charge in [-0.25, -0.2) is 14.8 Å². The molecule has 9 nitrogen and oxygen atoms in total. The third kappa shape index (κ3) is 10.1. The van der Waals surface area contributed by atoms with E-state index in [9.17, 15) is 14.9 Å². The Hall–Kier alpha value is -4.01. The summed E-state index contributed by atoms with van der Waals surface area (Å²) in [4.78, 5) is 32.6. The molecule has 0 radical (unpaired) electrons. The number of nitrogens with zero attached hydrogens (tertiary/aromatic N) is 3. The largest absolute Gasteiger partial charge is 0.488 e. The molecule has 1 aromatic heterocycles. The van der Waals surface area contributed by atoms with Crippen molar-refractivity contribution >= 4 is 17.3 Å². The number of nitro groups is 1. The molecular weight excluding hydrogens is 532 g/mol. The van der Waals surface area contributed by atoms with Crippen molar-refractivity contribution in [3.8, 4) is 22.9 Å². The maximum absolute atomic E-state index is 12.9. The van der Waals surface area contributed by atoms with Crippen LogP contribution in [0.5, 0.6) is 11.6 Å². The highest BCUT2D eigenvalue weighted by molar-refractivity contribution is 5.97. The quantitative estimate of drug-likeness (QED) is 0.0524. The molecule has 9 heteroatoms. The number of hydrogen-bond acceptors (Lipinski definition) is 8. The van der Waals surface area contributed by atoms with E-state index in [1.54, 1.807) is 0 Å². The summed E-state index contributed by atoms with van der Waals surface area (Å²) in [5.41, 5.74) is 8.30. The van der Waals surface area contributed by atoms with Gasteiger partial charge in [0.15, 0.2) is 0 Å². The third-order valence-corrected chi connectivity index (χ3v) is 7.23. The molecule has 3 aromatic rings. The predicted octanol–water partition coefficient (Wildman–Crippen LogP) is 8.49. The van der Waals surface area contributed by atoms with Crippen molar-refractivity contribution in [2.24, 2.45) is 0 Å². The van der Waals surface area contributed by atoms with Gasteiger partial charge in [0.05, 0.1) is 40.9 Å². The van der Waals surface area contributed by atoms with E-state index in [1.807, 2.05) is 19.1 Å². The van der Waals surface area contributed by atoms with Gasteiger partial charge in [0, 0.05) is 5.56 Å². The van der Waals surface area contributed by atoms with Crippen LogP contribution >= 0.6 is 0 Å². The van der Waals surface area contributed by atoms with Crippen LogP contribution in [0.4, 0.5) is 11.4 Å². The lowest BCUT2D eigenvalue weighted by molar-refractivity contribution is -0.385. The van der Waals surface area contributed by atoms with Crippen LogP contribution in [-0.4, -0.2) is 27.0 Å². The van der Waals surface area contributed by atoms with E-state index in [0.29, 0.717) is 5.69 Å². The Morgan fingerprint density at radius 2 is 1.60 bits per heavy atom. The minimum Gasteiger partial charge on any atom is -0.488 e. The van der Waals surface area contributed by atoms with Crippen molar-refractivity contribution in [2.45, 2.75) is 104 Å². The lowest BCUT2D eigenvalue weighted by Gasteiger charge is -2.16. The molecule has 2 aromatic carbocycles. The number of benzene rings is 2. The second-order valence-electron chi connectivity index (χ2n) is 10.8. The van der Waals surface area contributed by atoms with E-state index in [2.05, 4.69) is 35.9 Å². The Labute approximate surface area is 249 Å². The van der Waals surface area contributed by atoms with E-state index in [-0.39, 0.29) is 29.0 Å². The molecule has 0 amide bonds. The van der Waals surface area contributed by atoms with Crippen molar-refractivity contribution in [3.63, 3.8) is 0 Å². The Morgan fingerprint density at radius 1 is 0.929 bits per heavy atom. The molecule has 0 aliphatic carbocycles. The standard InChI is InChI=1S/C33H44N4O5/c1-4-6-8-10-11-13-15-25-16-18-26(19-17-25)29-22-36-32(23-35-29)42-33(38)27-20-28(34)31(21-30(27)37(39)40)41-24(3)14-12-9-7-5-2/h16-24H,4-15,34H2,1-3H3/t24-/m1/s1. The molecule has 0 aliphatic rings. The fourth-order valence-electron chi connectivity index (χ4n) is 4.76. The van der Waals surface area contributed by atoms with Crippen LogP contribution in [0.25, 0.3) is 11.3 Å². The van der Waals surface area contributed by atoms with Crippen LogP contribution in [-0.2, 0) is 6.42 Å². The fourth-order valence-corrected chi connectivity index (χ4v) is 4.76. The topological polar surface area (TPSA) is 130 Å². The van der Waals surface area contributed by atoms with Crippen LogP contribution in [0.1, 0.15) is 107 Å². The van der Waals surface area contributed by atoms with Crippen molar-refractivity contribution in [3.05, 3.63) is 70.0 Å². The lowest BCUT2D eigenvalue weighted by Crippen LogP contribution is -2.16. The Balaban J connectivity index is 1.61. The first kappa shape index (κ1) is 32.5. The number of nitro benzene ring substituents is 1. The summed E-state index contributed by atoms with van der Waals surface area (Å²) < 4.78 is 11.2. The van der Waals surface area contributed by atoms with Crippen molar-refractivity contribution < 1.29 is 19.2 Å². The summed E-state index contributed by atoms with van der Waals surface area (Å²) >= 11 is 0. The number of esters is 1. The lowest BCUT2D eigenvalue weighted by atomic mass is 10.0. The van der Waals surface area contributed by atoms with Crippen LogP contribution in [0, 0.1) is 10.1 Å². The molecule has 226 valence electrons. The summed E-state index contributed by atoms with van der Waals surface area (Å²) in [7, 11) is 0. The zero-order valence-corrected chi connectivity index (χ0v) is 25.1. The van der Waals surface area contributed by atoms with Crippen molar-refractivity contribution in [2.75, 3.05) is 5.73 Å². The predicted molar refractivity (Wildman–Crippen MR) is 166 cm³/mol. The summed E-state index contributed by atoms with van der Waals surface area (Å²) in [6.45, 7) is 6.26. The molecule has 1 heterocycles. The number of carbonyl (C=O) groups excluding carboxylic acids is 1. The van der Waals surface area contributed by atoms with Gasteiger partial charge in [0.25, 0.3) is 5.69 Å². The zero-order valence-electron chi connectivity index (χ0n) is 25.1. The van der Waals surface area contributed by atoms with Gasteiger partial charge in [0.1, 0.15) is 11.3 Å². The van der Waals surface area contributed by atoms with Gasteiger partial charge in [-0.15, -0.1) is 0 Å². The summed E-state index contributed by atoms with van der Waals surface area (Å²) in [5, 5.41) is 11.8. The Kier molecular flexibility index (Phi) is 13.2. The van der Waals surface area contributed by atoms with E-state index in [4.69, 9.17) is 15.2 Å². The molecule has 0 spiro atoms. The number of aryl methyl sites for hydroxylation is 1. The first-order valence-electron chi connectivity index (χ1n) is 15.2. The van der Waals surface area contributed by atoms with Gasteiger partial charge in [-0.2, -0.15) is 0 Å². The molecule has 3 rings (SSSR count). The highest BCUT2D eigenvalue weighted by Gasteiger charge is 2.26. The zero-order chi connectivity index (χ0) is 30.3. The minimum atomic E-state index is -0.950. The maximum atomic E-state index is 12.9. The van der Waals surface area contributed by atoms with Gasteiger partial charge < -0.3 is 15.2 Å². The van der Waals surface area contributed by atoms with Crippen LogP contribution < -0.4 is 15.2 Å². The number of anilines is 1. The van der Waals surface area contributed by atoms with Crippen LogP contribution in [0.2, 0.25) is 0 Å². The average molecular weight is 577 g/mol. The number of unbranched alkanes of at least 4 members (excludes halogenated alkanes) is 8. The number of nitrogen functional groups attached to an aromatic ring is 1. The molecule has 0 saturated heterocycles. The van der Waals surface area contributed by atoms with Gasteiger partial charge in [-0.05, 0) is 44.2 Å². The summed E-state index contributed by atoms with van der Waals surface area (Å²) in [6, 6.07) is 10.6. The number of nitrogens with two attached hydrogens (primary N) is 1. The number of rotatable bonds is 18. The van der Waals surface area contributed by atoms with Gasteiger partial charge >= 0.3 is 5.97 Å². The average Bonchev–Trinajstić information content (AvgIpc) is 2.98. The number of hydrogen-bond donors (Lipinski definition) is 1. The van der Waals surface area contributed by atoms with Crippen LogP contribution in [0.15, 0.2) is 48.8 Å². The fraction of sp³-hybridized carbons (Fsp3) is 0.485. The molecule has 0 bridgehead atoms. The molecule has 1 atom stereocenters. The second kappa shape index (κ2) is 17.1. The third-order valence-electron chi connectivity index (χ3n) is 7.23. The first-order chi connectivity index (χ1) is 20.3. The first-order valence-corrected chi connectivity index (χ1v) is 15.2. The molecule has 0 unspecified atom stereocenters. The van der Waals surface area contributed by atoms with E-state index in [0.717, 1.165) is 44.1 Å². The maximum Gasteiger partial charge on any atom is 0.352 e.